The average Bonchev–Trinajstić information content (AvgIpc) is 3.67. The number of nitrogens with zero attached hydrogens (tertiary/aromatic N) is 5. The van der Waals surface area contributed by atoms with Gasteiger partial charge in [0.2, 0.25) is 0 Å². The molecule has 0 spiro atoms. The van der Waals surface area contributed by atoms with Crippen molar-refractivity contribution in [3.8, 4) is 16.8 Å². The van der Waals surface area contributed by atoms with Crippen molar-refractivity contribution in [2.24, 2.45) is 0 Å². The van der Waals surface area contributed by atoms with Gasteiger partial charge in [0, 0.05) is 45.0 Å². The summed E-state index contributed by atoms with van der Waals surface area (Å²) in [5.74, 6) is 0. The van der Waals surface area contributed by atoms with Crippen molar-refractivity contribution in [1.29, 1.82) is 0 Å². The Bertz CT molecular complexity index is 2660. The first kappa shape index (κ1) is 21.9. The number of hydrogen-bond acceptors (Lipinski definition) is 3. The average molecular weight is 536 g/mol. The van der Waals surface area contributed by atoms with Crippen molar-refractivity contribution in [1.82, 2.24) is 23.9 Å². The molecule has 5 aromatic heterocycles. The molecular weight excluding hydrogens is 514 g/mol. The summed E-state index contributed by atoms with van der Waals surface area (Å²) in [6, 6.07) is 40.9. The Kier molecular flexibility index (Phi) is 4.12. The van der Waals surface area contributed by atoms with Crippen molar-refractivity contribution < 1.29 is 0 Å². The van der Waals surface area contributed by atoms with Crippen LogP contribution in [0.1, 0.15) is 0 Å². The van der Waals surface area contributed by atoms with E-state index in [4.69, 9.17) is 9.97 Å². The van der Waals surface area contributed by atoms with Gasteiger partial charge in [0.1, 0.15) is 5.52 Å². The number of fused-ring (bicyclic) bond motifs is 10. The minimum Gasteiger partial charge on any atom is -0.309 e. The molecule has 0 radical (unpaired) electrons. The molecule has 0 bridgehead atoms. The Morgan fingerprint density at radius 3 is 2.12 bits per heavy atom. The van der Waals surface area contributed by atoms with Gasteiger partial charge in [0.15, 0.2) is 5.65 Å². The van der Waals surface area contributed by atoms with E-state index in [2.05, 4.69) is 98.9 Å². The number of pyridine rings is 1. The Hall–Kier alpha value is -5.81. The van der Waals surface area contributed by atoms with Crippen LogP contribution in [0.2, 0.25) is 0 Å². The number of para-hydroxylation sites is 4. The Labute approximate surface area is 239 Å². The standard InChI is InChI=1S/C37H21N5/c1-4-13-32-25(8-1)28-19-29-26-9-5-10-27-35-37(40-31-12-3-2-11-30(31)39-35)42(36(26)27)34(29)20-33(28)41(32)24-16-14-22(15-17-24)23-7-6-18-38-21-23/h1-21H. The molecule has 42 heavy (non-hydrogen) atoms. The zero-order valence-corrected chi connectivity index (χ0v) is 22.4. The molecule has 0 atom stereocenters. The van der Waals surface area contributed by atoms with E-state index >= 15 is 0 Å². The molecular formula is C37H21N5. The smallest absolute Gasteiger partial charge is 0.165 e. The Morgan fingerprint density at radius 2 is 1.26 bits per heavy atom. The molecule has 5 nitrogen and oxygen atoms in total. The van der Waals surface area contributed by atoms with Gasteiger partial charge in [-0.15, -0.1) is 0 Å². The molecule has 10 rings (SSSR count). The largest absolute Gasteiger partial charge is 0.309 e. The van der Waals surface area contributed by atoms with Crippen LogP contribution in [-0.4, -0.2) is 23.9 Å². The van der Waals surface area contributed by atoms with Gasteiger partial charge in [-0.1, -0.05) is 66.7 Å². The highest BCUT2D eigenvalue weighted by atomic mass is 15.0. The van der Waals surface area contributed by atoms with Crippen LogP contribution in [0.5, 0.6) is 0 Å². The van der Waals surface area contributed by atoms with E-state index in [1.165, 1.54) is 38.1 Å². The normalized spacial score (nSPS) is 12.3. The monoisotopic (exact) mass is 535 g/mol. The van der Waals surface area contributed by atoms with Crippen molar-refractivity contribution in [2.45, 2.75) is 0 Å². The Morgan fingerprint density at radius 1 is 0.500 bits per heavy atom. The summed E-state index contributed by atoms with van der Waals surface area (Å²) >= 11 is 0. The van der Waals surface area contributed by atoms with Gasteiger partial charge in [-0.05, 0) is 59.7 Å². The molecule has 5 heterocycles. The van der Waals surface area contributed by atoms with Crippen LogP contribution in [0.25, 0.3) is 88.0 Å². The lowest BCUT2D eigenvalue weighted by Gasteiger charge is -2.09. The lowest BCUT2D eigenvalue weighted by Crippen LogP contribution is -1.94. The molecule has 0 aliphatic carbocycles. The van der Waals surface area contributed by atoms with Crippen LogP contribution in [0.3, 0.4) is 0 Å². The zero-order valence-electron chi connectivity index (χ0n) is 22.4. The molecule has 5 aromatic carbocycles. The number of benzene rings is 5. The van der Waals surface area contributed by atoms with E-state index in [1.807, 2.05) is 42.7 Å². The first-order valence-electron chi connectivity index (χ1n) is 14.1. The van der Waals surface area contributed by atoms with Crippen LogP contribution < -0.4 is 0 Å². The molecule has 0 saturated heterocycles. The van der Waals surface area contributed by atoms with Crippen molar-refractivity contribution >= 4 is 71.2 Å². The molecule has 5 heteroatoms. The van der Waals surface area contributed by atoms with Crippen LogP contribution >= 0.6 is 0 Å². The van der Waals surface area contributed by atoms with E-state index in [1.54, 1.807) is 0 Å². The molecule has 0 N–H and O–H groups in total. The minimum atomic E-state index is 0.901. The number of rotatable bonds is 2. The van der Waals surface area contributed by atoms with Gasteiger partial charge in [-0.25, -0.2) is 9.97 Å². The maximum atomic E-state index is 5.15. The molecule has 0 aliphatic rings. The third-order valence-electron chi connectivity index (χ3n) is 8.72. The fraction of sp³-hybridized carbons (Fsp3) is 0. The maximum absolute atomic E-state index is 5.15. The first-order valence-corrected chi connectivity index (χ1v) is 14.1. The second kappa shape index (κ2) is 7.89. The van der Waals surface area contributed by atoms with Gasteiger partial charge in [0.25, 0.3) is 0 Å². The van der Waals surface area contributed by atoms with E-state index < -0.39 is 0 Å². The summed E-state index contributed by atoms with van der Waals surface area (Å²) < 4.78 is 4.70. The van der Waals surface area contributed by atoms with Crippen LogP contribution in [0.15, 0.2) is 128 Å². The van der Waals surface area contributed by atoms with Gasteiger partial charge in [0.05, 0.1) is 33.1 Å². The van der Waals surface area contributed by atoms with Gasteiger partial charge in [-0.3, -0.25) is 9.38 Å². The molecule has 0 saturated carbocycles. The molecule has 0 amide bonds. The SMILES string of the molecule is c1cncc(-c2ccc(-n3c4ccccc4c4cc5c6cccc7c8nc9ccccc9nc8n(c5cc43)c67)cc2)c1. The van der Waals surface area contributed by atoms with E-state index in [9.17, 15) is 0 Å². The second-order valence-electron chi connectivity index (χ2n) is 10.9. The number of hydrogen-bond donors (Lipinski definition) is 0. The Balaban J connectivity index is 1.33. The first-order chi connectivity index (χ1) is 20.8. The van der Waals surface area contributed by atoms with E-state index in [0.717, 1.165) is 49.9 Å². The predicted molar refractivity (Wildman–Crippen MR) is 172 cm³/mol. The lowest BCUT2D eigenvalue weighted by molar-refractivity contribution is 1.18. The summed E-state index contributed by atoms with van der Waals surface area (Å²) in [5.41, 5.74) is 11.7. The summed E-state index contributed by atoms with van der Waals surface area (Å²) in [7, 11) is 0. The topological polar surface area (TPSA) is 48.0 Å². The van der Waals surface area contributed by atoms with Gasteiger partial charge in [-0.2, -0.15) is 0 Å². The van der Waals surface area contributed by atoms with Crippen molar-refractivity contribution in [3.05, 3.63) is 128 Å². The van der Waals surface area contributed by atoms with Crippen molar-refractivity contribution in [3.63, 3.8) is 0 Å². The third kappa shape index (κ3) is 2.79. The fourth-order valence-electron chi connectivity index (χ4n) is 6.88. The van der Waals surface area contributed by atoms with E-state index in [-0.39, 0.29) is 0 Å². The highest BCUT2D eigenvalue weighted by Crippen LogP contribution is 2.42. The summed E-state index contributed by atoms with van der Waals surface area (Å²) in [4.78, 5) is 14.5. The second-order valence-corrected chi connectivity index (χ2v) is 10.9. The summed E-state index contributed by atoms with van der Waals surface area (Å²) in [6.07, 6.45) is 3.72. The van der Waals surface area contributed by atoms with Crippen LogP contribution in [-0.2, 0) is 0 Å². The highest BCUT2D eigenvalue weighted by Gasteiger charge is 2.22. The third-order valence-corrected chi connectivity index (χ3v) is 8.72. The highest BCUT2D eigenvalue weighted by molar-refractivity contribution is 6.25. The summed E-state index contributed by atoms with van der Waals surface area (Å²) in [6.45, 7) is 0. The van der Waals surface area contributed by atoms with Crippen LogP contribution in [0, 0.1) is 0 Å². The zero-order chi connectivity index (χ0) is 27.4. The number of aromatic nitrogens is 5. The predicted octanol–water partition coefficient (Wildman–Crippen LogP) is 8.94. The quantitative estimate of drug-likeness (QED) is 0.222. The van der Waals surface area contributed by atoms with Crippen molar-refractivity contribution in [2.75, 3.05) is 0 Å². The lowest BCUT2D eigenvalue weighted by atomic mass is 10.1. The molecule has 194 valence electrons. The molecule has 10 aromatic rings. The summed E-state index contributed by atoms with van der Waals surface area (Å²) in [5, 5.41) is 6.08. The molecule has 0 aliphatic heterocycles. The van der Waals surface area contributed by atoms with Gasteiger partial charge >= 0.3 is 0 Å². The molecule has 0 fully saturated rings. The maximum Gasteiger partial charge on any atom is 0.165 e. The minimum absolute atomic E-state index is 0.901. The van der Waals surface area contributed by atoms with Crippen LogP contribution in [0.4, 0.5) is 0 Å². The van der Waals surface area contributed by atoms with Gasteiger partial charge < -0.3 is 4.57 Å². The van der Waals surface area contributed by atoms with E-state index in [0.29, 0.717) is 0 Å². The fourth-order valence-corrected chi connectivity index (χ4v) is 6.88. The molecule has 0 unspecified atom stereocenters.